The molecule has 0 bridgehead atoms. The van der Waals surface area contributed by atoms with Crippen LogP contribution in [0.1, 0.15) is 5.56 Å². The van der Waals surface area contributed by atoms with E-state index in [0.29, 0.717) is 27.4 Å². The van der Waals surface area contributed by atoms with E-state index in [0.717, 1.165) is 11.4 Å². The minimum Gasteiger partial charge on any atom is -0.378 e. The summed E-state index contributed by atoms with van der Waals surface area (Å²) in [5.41, 5.74) is 2.85. The summed E-state index contributed by atoms with van der Waals surface area (Å²) in [7, 11) is 3.93. The maximum Gasteiger partial charge on any atom is 0.266 e. The van der Waals surface area contributed by atoms with Gasteiger partial charge in [0.1, 0.15) is 5.82 Å². The molecule has 0 atom stereocenters. The van der Waals surface area contributed by atoms with Crippen molar-refractivity contribution in [1.29, 1.82) is 0 Å². The van der Waals surface area contributed by atoms with Crippen molar-refractivity contribution in [2.45, 2.75) is 10.9 Å². The predicted octanol–water partition coefficient (Wildman–Crippen LogP) is 4.88. The number of aromatic nitrogens is 2. The van der Waals surface area contributed by atoms with E-state index in [1.165, 1.54) is 17.8 Å². The van der Waals surface area contributed by atoms with Crippen molar-refractivity contribution in [3.05, 3.63) is 94.5 Å². The van der Waals surface area contributed by atoms with Crippen molar-refractivity contribution in [1.82, 2.24) is 9.55 Å². The molecule has 0 unspecified atom stereocenters. The highest BCUT2D eigenvalue weighted by Crippen LogP contribution is 2.26. The molecule has 1 aromatic heterocycles. The second kappa shape index (κ2) is 8.09. The van der Waals surface area contributed by atoms with Gasteiger partial charge < -0.3 is 4.90 Å². The minimum atomic E-state index is -0.259. The Hall–Kier alpha value is -3.12. The Kier molecular flexibility index (Phi) is 5.36. The van der Waals surface area contributed by atoms with E-state index < -0.39 is 0 Å². The molecular weight excluding hydrogens is 385 g/mol. The van der Waals surface area contributed by atoms with Crippen LogP contribution in [0.15, 0.2) is 82.7 Å². The molecule has 0 N–H and O–H groups in total. The summed E-state index contributed by atoms with van der Waals surface area (Å²) < 4.78 is 15.7. The number of para-hydroxylation sites is 1. The van der Waals surface area contributed by atoms with E-state index in [2.05, 4.69) is 0 Å². The van der Waals surface area contributed by atoms with Gasteiger partial charge >= 0.3 is 0 Å². The summed E-state index contributed by atoms with van der Waals surface area (Å²) in [6.07, 6.45) is 0. The van der Waals surface area contributed by atoms with Crippen molar-refractivity contribution < 1.29 is 4.39 Å². The van der Waals surface area contributed by atoms with Gasteiger partial charge in [-0.25, -0.2) is 9.37 Å². The average Bonchev–Trinajstić information content (AvgIpc) is 2.73. The molecule has 0 radical (unpaired) electrons. The van der Waals surface area contributed by atoms with Crippen molar-refractivity contribution >= 4 is 28.4 Å². The van der Waals surface area contributed by atoms with Crippen LogP contribution in [-0.2, 0) is 5.75 Å². The van der Waals surface area contributed by atoms with Gasteiger partial charge in [0, 0.05) is 25.5 Å². The molecule has 0 aliphatic heterocycles. The molecule has 1 heterocycles. The number of thioether (sulfide) groups is 1. The second-order valence-corrected chi connectivity index (χ2v) is 7.79. The molecule has 146 valence electrons. The summed E-state index contributed by atoms with van der Waals surface area (Å²) >= 11 is 1.35. The zero-order valence-electron chi connectivity index (χ0n) is 16.2. The fraction of sp³-hybridized carbons (Fsp3) is 0.130. The van der Waals surface area contributed by atoms with Gasteiger partial charge in [0.2, 0.25) is 0 Å². The Bertz CT molecular complexity index is 1220. The van der Waals surface area contributed by atoms with Crippen LogP contribution in [0.4, 0.5) is 10.1 Å². The first kappa shape index (κ1) is 19.2. The normalized spacial score (nSPS) is 11.0. The van der Waals surface area contributed by atoms with Crippen molar-refractivity contribution in [3.63, 3.8) is 0 Å². The Labute approximate surface area is 172 Å². The summed E-state index contributed by atoms with van der Waals surface area (Å²) in [5, 5.41) is 1.09. The van der Waals surface area contributed by atoms with Gasteiger partial charge in [0.25, 0.3) is 5.56 Å². The van der Waals surface area contributed by atoms with E-state index >= 15 is 0 Å². The quantitative estimate of drug-likeness (QED) is 0.350. The number of hydrogen-bond acceptors (Lipinski definition) is 4. The zero-order valence-corrected chi connectivity index (χ0v) is 17.0. The second-order valence-electron chi connectivity index (χ2n) is 6.84. The van der Waals surface area contributed by atoms with Crippen LogP contribution in [0.25, 0.3) is 16.6 Å². The fourth-order valence-corrected chi connectivity index (χ4v) is 4.09. The smallest absolute Gasteiger partial charge is 0.266 e. The first-order chi connectivity index (χ1) is 14.0. The molecule has 3 aromatic carbocycles. The Morgan fingerprint density at radius 2 is 1.66 bits per heavy atom. The Morgan fingerprint density at radius 3 is 2.38 bits per heavy atom. The van der Waals surface area contributed by atoms with Gasteiger partial charge in [0.15, 0.2) is 5.16 Å². The van der Waals surface area contributed by atoms with Crippen LogP contribution < -0.4 is 10.5 Å². The molecule has 0 amide bonds. The van der Waals surface area contributed by atoms with E-state index in [-0.39, 0.29) is 11.4 Å². The average molecular weight is 405 g/mol. The molecule has 0 saturated carbocycles. The summed E-state index contributed by atoms with van der Waals surface area (Å²) in [5.74, 6) is 0.123. The molecule has 0 spiro atoms. The van der Waals surface area contributed by atoms with E-state index in [1.54, 1.807) is 28.8 Å². The van der Waals surface area contributed by atoms with E-state index in [9.17, 15) is 9.18 Å². The first-order valence-corrected chi connectivity index (χ1v) is 10.2. The summed E-state index contributed by atoms with van der Waals surface area (Å²) in [6, 6.07) is 21.7. The molecular formula is C23H20FN3OS. The maximum atomic E-state index is 14.1. The number of hydrogen-bond donors (Lipinski definition) is 0. The monoisotopic (exact) mass is 405 g/mol. The number of benzene rings is 3. The lowest BCUT2D eigenvalue weighted by molar-refractivity contribution is 0.617. The van der Waals surface area contributed by atoms with Crippen molar-refractivity contribution in [2.24, 2.45) is 0 Å². The number of anilines is 1. The van der Waals surface area contributed by atoms with Crippen LogP contribution in [0.5, 0.6) is 0 Å². The molecule has 6 heteroatoms. The number of rotatable bonds is 5. The lowest BCUT2D eigenvalue weighted by atomic mass is 10.2. The first-order valence-electron chi connectivity index (χ1n) is 9.20. The van der Waals surface area contributed by atoms with Gasteiger partial charge in [-0.05, 0) is 48.0 Å². The van der Waals surface area contributed by atoms with Crippen LogP contribution in [-0.4, -0.2) is 23.6 Å². The molecule has 0 saturated heterocycles. The number of halogens is 1. The summed E-state index contributed by atoms with van der Waals surface area (Å²) in [4.78, 5) is 20.0. The Balaban J connectivity index is 1.82. The number of fused-ring (bicyclic) bond motifs is 1. The van der Waals surface area contributed by atoms with Crippen molar-refractivity contribution in [3.8, 4) is 5.69 Å². The maximum absolute atomic E-state index is 14.1. The molecule has 0 aliphatic rings. The Morgan fingerprint density at radius 1 is 0.966 bits per heavy atom. The highest BCUT2D eigenvalue weighted by atomic mass is 32.2. The lowest BCUT2D eigenvalue weighted by Crippen LogP contribution is -2.22. The largest absolute Gasteiger partial charge is 0.378 e. The topological polar surface area (TPSA) is 38.1 Å². The van der Waals surface area contributed by atoms with Gasteiger partial charge in [-0.2, -0.15) is 0 Å². The third-order valence-electron chi connectivity index (χ3n) is 4.68. The molecule has 4 nitrogen and oxygen atoms in total. The third kappa shape index (κ3) is 3.89. The number of nitrogens with zero attached hydrogens (tertiary/aromatic N) is 3. The van der Waals surface area contributed by atoms with E-state index in [1.807, 2.05) is 61.5 Å². The van der Waals surface area contributed by atoms with Gasteiger partial charge in [-0.15, -0.1) is 0 Å². The SMILES string of the molecule is CN(C)c1ccc(-n2c(SCc3ccccc3F)nc3ccccc3c2=O)cc1. The van der Waals surface area contributed by atoms with Gasteiger partial charge in [0.05, 0.1) is 16.6 Å². The zero-order chi connectivity index (χ0) is 20.4. The molecule has 0 aliphatic carbocycles. The highest BCUT2D eigenvalue weighted by Gasteiger charge is 2.14. The van der Waals surface area contributed by atoms with E-state index in [4.69, 9.17) is 4.98 Å². The van der Waals surface area contributed by atoms with Crippen LogP contribution in [0.3, 0.4) is 0 Å². The van der Waals surface area contributed by atoms with Crippen molar-refractivity contribution in [2.75, 3.05) is 19.0 Å². The van der Waals surface area contributed by atoms with Crippen LogP contribution in [0.2, 0.25) is 0 Å². The molecule has 4 rings (SSSR count). The lowest BCUT2D eigenvalue weighted by Gasteiger charge is -2.16. The van der Waals surface area contributed by atoms with Gasteiger partial charge in [-0.3, -0.25) is 9.36 Å². The minimum absolute atomic E-state index is 0.135. The fourth-order valence-electron chi connectivity index (χ4n) is 3.09. The molecule has 0 fully saturated rings. The molecule has 4 aromatic rings. The third-order valence-corrected chi connectivity index (χ3v) is 5.67. The summed E-state index contributed by atoms with van der Waals surface area (Å²) in [6.45, 7) is 0. The van der Waals surface area contributed by atoms with Crippen LogP contribution >= 0.6 is 11.8 Å². The highest BCUT2D eigenvalue weighted by molar-refractivity contribution is 7.98. The molecule has 29 heavy (non-hydrogen) atoms. The predicted molar refractivity (Wildman–Crippen MR) is 118 cm³/mol. The van der Waals surface area contributed by atoms with Gasteiger partial charge in [-0.1, -0.05) is 42.1 Å². The standard InChI is InChI=1S/C23H20FN3OS/c1-26(2)17-11-13-18(14-12-17)27-22(28)19-8-4-6-10-21(19)25-23(27)29-15-16-7-3-5-9-20(16)24/h3-14H,15H2,1-2H3. The van der Waals surface area contributed by atoms with Crippen LogP contribution in [0, 0.1) is 5.82 Å².